The molecule has 0 aromatic heterocycles. The number of amides is 1. The molecule has 1 aromatic carbocycles. The van der Waals surface area contributed by atoms with Gasteiger partial charge in [0, 0.05) is 25.0 Å². The summed E-state index contributed by atoms with van der Waals surface area (Å²) in [6.45, 7) is 2.90. The van der Waals surface area contributed by atoms with Gasteiger partial charge in [-0.2, -0.15) is 0 Å². The maximum Gasteiger partial charge on any atom is 0.222 e. The molecule has 1 aromatic rings. The van der Waals surface area contributed by atoms with Gasteiger partial charge >= 0.3 is 0 Å². The second-order valence-corrected chi connectivity index (χ2v) is 6.92. The lowest BCUT2D eigenvalue weighted by molar-refractivity contribution is -0.135. The maximum absolute atomic E-state index is 12.5. The summed E-state index contributed by atoms with van der Waals surface area (Å²) < 4.78 is 5.17. The Bertz CT molecular complexity index is 505. The molecule has 1 saturated heterocycles. The van der Waals surface area contributed by atoms with Crippen molar-refractivity contribution < 1.29 is 9.53 Å². The van der Waals surface area contributed by atoms with Gasteiger partial charge in [0.2, 0.25) is 5.91 Å². The third-order valence-corrected chi connectivity index (χ3v) is 4.99. The van der Waals surface area contributed by atoms with Crippen LogP contribution in [-0.4, -0.2) is 36.5 Å². The van der Waals surface area contributed by atoms with E-state index in [1.54, 1.807) is 7.11 Å². The Balaban J connectivity index is 0.00000312. The minimum absolute atomic E-state index is 0. The number of hydrogen-bond donors (Lipinski definition) is 1. The smallest absolute Gasteiger partial charge is 0.222 e. The quantitative estimate of drug-likeness (QED) is 0.707. The van der Waals surface area contributed by atoms with Crippen molar-refractivity contribution in [3.63, 3.8) is 0 Å². The lowest BCUT2D eigenvalue weighted by Crippen LogP contribution is -2.51. The fraction of sp³-hybridized carbons (Fsp3) is 0.650. The van der Waals surface area contributed by atoms with Gasteiger partial charge in [0.1, 0.15) is 5.75 Å². The van der Waals surface area contributed by atoms with E-state index in [0.29, 0.717) is 12.3 Å². The van der Waals surface area contributed by atoms with Gasteiger partial charge in [-0.05, 0) is 63.1 Å². The number of nitrogens with zero attached hydrogens (tertiary/aromatic N) is 1. The van der Waals surface area contributed by atoms with Crippen LogP contribution >= 0.6 is 12.4 Å². The highest BCUT2D eigenvalue weighted by molar-refractivity contribution is 5.85. The molecule has 2 rings (SSSR count). The molecule has 1 aliphatic heterocycles. The molecule has 0 aliphatic carbocycles. The fourth-order valence-electron chi connectivity index (χ4n) is 3.53. The summed E-state index contributed by atoms with van der Waals surface area (Å²) in [5.74, 6) is 1.19. The molecule has 1 aliphatic rings. The average Bonchev–Trinajstić information content (AvgIpc) is 2.61. The van der Waals surface area contributed by atoms with Gasteiger partial charge in [0.15, 0.2) is 0 Å². The molecule has 0 spiro atoms. The number of nitrogens with two attached hydrogens (primary N) is 1. The van der Waals surface area contributed by atoms with Crippen LogP contribution in [-0.2, 0) is 11.2 Å². The molecule has 2 unspecified atom stereocenters. The zero-order valence-electron chi connectivity index (χ0n) is 15.6. The molecule has 0 bridgehead atoms. The number of ether oxygens (including phenoxy) is 1. The minimum atomic E-state index is 0. The standard InChI is InChI=1S/C20H32N2O2.ClH/c1-16(21)19-9-6-7-15-22(19)20(23)10-5-3-4-8-17-11-13-18(24-2)14-12-17;/h11-14,16,19H,3-10,15,21H2,1-2H3;1H. The number of piperidine rings is 1. The van der Waals surface area contributed by atoms with E-state index in [1.807, 2.05) is 24.0 Å². The number of benzene rings is 1. The first-order valence-electron chi connectivity index (χ1n) is 9.30. The van der Waals surface area contributed by atoms with Crippen LogP contribution in [0.3, 0.4) is 0 Å². The predicted octanol–water partition coefficient (Wildman–Crippen LogP) is 3.95. The average molecular weight is 369 g/mol. The summed E-state index contributed by atoms with van der Waals surface area (Å²) in [4.78, 5) is 14.5. The fourth-order valence-corrected chi connectivity index (χ4v) is 3.53. The van der Waals surface area contributed by atoms with E-state index in [2.05, 4.69) is 12.1 Å². The summed E-state index contributed by atoms with van der Waals surface area (Å²) in [5.41, 5.74) is 7.38. The number of carbonyl (C=O) groups excluding carboxylic acids is 1. The van der Waals surface area contributed by atoms with E-state index in [1.165, 1.54) is 12.0 Å². The topological polar surface area (TPSA) is 55.6 Å². The number of rotatable bonds is 8. The van der Waals surface area contributed by atoms with E-state index in [4.69, 9.17) is 10.5 Å². The van der Waals surface area contributed by atoms with Crippen molar-refractivity contribution in [1.82, 2.24) is 4.90 Å². The van der Waals surface area contributed by atoms with Crippen molar-refractivity contribution in [2.24, 2.45) is 5.73 Å². The number of carbonyl (C=O) groups is 1. The molecule has 0 radical (unpaired) electrons. The molecule has 0 saturated carbocycles. The van der Waals surface area contributed by atoms with Gasteiger partial charge in [-0.1, -0.05) is 18.6 Å². The van der Waals surface area contributed by atoms with Crippen molar-refractivity contribution in [3.05, 3.63) is 29.8 Å². The first-order valence-corrected chi connectivity index (χ1v) is 9.30. The van der Waals surface area contributed by atoms with Gasteiger partial charge in [0.25, 0.3) is 0 Å². The normalized spacial score (nSPS) is 18.4. The van der Waals surface area contributed by atoms with Crippen molar-refractivity contribution in [1.29, 1.82) is 0 Å². The molecule has 1 amide bonds. The Morgan fingerprint density at radius 2 is 1.96 bits per heavy atom. The largest absolute Gasteiger partial charge is 0.497 e. The predicted molar refractivity (Wildman–Crippen MR) is 105 cm³/mol. The molecule has 142 valence electrons. The van der Waals surface area contributed by atoms with E-state index in [-0.39, 0.29) is 24.5 Å². The molecule has 4 nitrogen and oxygen atoms in total. The number of aryl methyl sites for hydroxylation is 1. The van der Waals surface area contributed by atoms with Crippen molar-refractivity contribution in [3.8, 4) is 5.75 Å². The number of hydrogen-bond acceptors (Lipinski definition) is 3. The van der Waals surface area contributed by atoms with Crippen LogP contribution in [0.25, 0.3) is 0 Å². The molecular formula is C20H33ClN2O2. The Kier molecular flexibility index (Phi) is 9.91. The third kappa shape index (κ3) is 6.87. The Morgan fingerprint density at radius 3 is 2.60 bits per heavy atom. The van der Waals surface area contributed by atoms with Crippen LogP contribution < -0.4 is 10.5 Å². The molecule has 1 heterocycles. The molecule has 1 fully saturated rings. The zero-order chi connectivity index (χ0) is 17.4. The molecule has 25 heavy (non-hydrogen) atoms. The summed E-state index contributed by atoms with van der Waals surface area (Å²) in [5, 5.41) is 0. The summed E-state index contributed by atoms with van der Waals surface area (Å²) in [6.07, 6.45) is 8.27. The molecule has 2 atom stereocenters. The Hall–Kier alpha value is -1.26. The van der Waals surface area contributed by atoms with Crippen molar-refractivity contribution >= 4 is 18.3 Å². The Labute approximate surface area is 158 Å². The number of likely N-dealkylation sites (tertiary alicyclic amines) is 1. The van der Waals surface area contributed by atoms with Crippen LogP contribution in [0.4, 0.5) is 0 Å². The van der Waals surface area contributed by atoms with E-state index in [9.17, 15) is 4.79 Å². The van der Waals surface area contributed by atoms with Gasteiger partial charge < -0.3 is 15.4 Å². The second kappa shape index (κ2) is 11.4. The lowest BCUT2D eigenvalue weighted by Gasteiger charge is -2.38. The third-order valence-electron chi connectivity index (χ3n) is 4.99. The molecule has 5 heteroatoms. The maximum atomic E-state index is 12.5. The van der Waals surface area contributed by atoms with Gasteiger partial charge in [0.05, 0.1) is 7.11 Å². The van der Waals surface area contributed by atoms with Crippen molar-refractivity contribution in [2.45, 2.75) is 70.4 Å². The summed E-state index contributed by atoms with van der Waals surface area (Å²) >= 11 is 0. The highest BCUT2D eigenvalue weighted by atomic mass is 35.5. The number of methoxy groups -OCH3 is 1. The van der Waals surface area contributed by atoms with Crippen molar-refractivity contribution in [2.75, 3.05) is 13.7 Å². The van der Waals surface area contributed by atoms with E-state index >= 15 is 0 Å². The van der Waals surface area contributed by atoms with Gasteiger partial charge in [-0.15, -0.1) is 12.4 Å². The summed E-state index contributed by atoms with van der Waals surface area (Å²) in [7, 11) is 1.68. The molecule has 2 N–H and O–H groups in total. The van der Waals surface area contributed by atoms with Crippen LogP contribution in [0.2, 0.25) is 0 Å². The Morgan fingerprint density at radius 1 is 1.24 bits per heavy atom. The first-order chi connectivity index (χ1) is 11.6. The highest BCUT2D eigenvalue weighted by Gasteiger charge is 2.28. The zero-order valence-corrected chi connectivity index (χ0v) is 16.4. The van der Waals surface area contributed by atoms with Crippen LogP contribution in [0.5, 0.6) is 5.75 Å². The van der Waals surface area contributed by atoms with Crippen LogP contribution in [0.15, 0.2) is 24.3 Å². The van der Waals surface area contributed by atoms with E-state index < -0.39 is 0 Å². The lowest BCUT2D eigenvalue weighted by atomic mass is 9.96. The van der Waals surface area contributed by atoms with Crippen LogP contribution in [0, 0.1) is 0 Å². The number of unbranched alkanes of at least 4 members (excludes halogenated alkanes) is 2. The number of halogens is 1. The van der Waals surface area contributed by atoms with Crippen LogP contribution in [0.1, 0.15) is 57.4 Å². The molecular weight excluding hydrogens is 336 g/mol. The minimum Gasteiger partial charge on any atom is -0.497 e. The monoisotopic (exact) mass is 368 g/mol. The van der Waals surface area contributed by atoms with Gasteiger partial charge in [-0.3, -0.25) is 4.79 Å². The second-order valence-electron chi connectivity index (χ2n) is 6.92. The van der Waals surface area contributed by atoms with E-state index in [0.717, 1.165) is 50.8 Å². The van der Waals surface area contributed by atoms with Gasteiger partial charge in [-0.25, -0.2) is 0 Å². The summed E-state index contributed by atoms with van der Waals surface area (Å²) in [6, 6.07) is 8.55. The SMILES string of the molecule is COc1ccc(CCCCCC(=O)N2CCCCC2C(C)N)cc1.Cl. The highest BCUT2D eigenvalue weighted by Crippen LogP contribution is 2.21. The first kappa shape index (κ1) is 21.8.